The van der Waals surface area contributed by atoms with Crippen molar-refractivity contribution in [3.8, 4) is 17.2 Å². The zero-order chi connectivity index (χ0) is 13.9. The van der Waals surface area contributed by atoms with Gasteiger partial charge in [-0.25, -0.2) is 0 Å². The minimum atomic E-state index is -0.859. The fourth-order valence-electron chi connectivity index (χ4n) is 1.83. The molecule has 0 saturated carbocycles. The van der Waals surface area contributed by atoms with E-state index >= 15 is 0 Å². The number of tetrazole rings is 1. The van der Waals surface area contributed by atoms with Crippen LogP contribution >= 0.6 is 0 Å². The van der Waals surface area contributed by atoms with E-state index in [9.17, 15) is 5.11 Å². The second kappa shape index (κ2) is 5.31. The zero-order valence-corrected chi connectivity index (χ0v) is 10.4. The highest BCUT2D eigenvalue weighted by Crippen LogP contribution is 2.38. The van der Waals surface area contributed by atoms with Gasteiger partial charge in [0.2, 0.25) is 6.79 Å². The summed E-state index contributed by atoms with van der Waals surface area (Å²) in [6.07, 6.45) is 0.590. The quantitative estimate of drug-likeness (QED) is 0.649. The van der Waals surface area contributed by atoms with Gasteiger partial charge >= 0.3 is 0 Å². The van der Waals surface area contributed by atoms with E-state index in [2.05, 4.69) is 20.8 Å². The number of benzene rings is 1. The maximum absolute atomic E-state index is 9.42. The van der Waals surface area contributed by atoms with Crippen LogP contribution < -0.4 is 14.8 Å². The van der Waals surface area contributed by atoms with Crippen LogP contribution in [0, 0.1) is 0 Å². The van der Waals surface area contributed by atoms with Gasteiger partial charge in [0.25, 0.3) is 0 Å². The number of aliphatic hydroxyl groups excluding tert-OH is 2. The van der Waals surface area contributed by atoms with E-state index in [1.807, 2.05) is 0 Å². The Kier molecular flexibility index (Phi) is 3.35. The van der Waals surface area contributed by atoms with Gasteiger partial charge in [-0.05, 0) is 10.4 Å². The van der Waals surface area contributed by atoms with Crippen molar-refractivity contribution in [2.75, 3.05) is 25.3 Å². The third-order valence-electron chi connectivity index (χ3n) is 2.83. The Balaban J connectivity index is 1.94. The number of aromatic nitrogens is 4. The fourth-order valence-corrected chi connectivity index (χ4v) is 1.83. The van der Waals surface area contributed by atoms with Gasteiger partial charge in [-0.15, -0.1) is 5.10 Å². The average Bonchev–Trinajstić information content (AvgIpc) is 3.13. The monoisotopic (exact) mass is 279 g/mol. The van der Waals surface area contributed by atoms with Crippen LogP contribution in [0.3, 0.4) is 0 Å². The average molecular weight is 279 g/mol. The van der Waals surface area contributed by atoms with E-state index in [0.717, 1.165) is 0 Å². The van der Waals surface area contributed by atoms with Gasteiger partial charge in [-0.1, -0.05) is 0 Å². The number of rotatable bonds is 5. The second-order valence-electron chi connectivity index (χ2n) is 4.19. The summed E-state index contributed by atoms with van der Waals surface area (Å²) in [6, 6.07) is 3.48. The molecule has 1 unspecified atom stereocenters. The van der Waals surface area contributed by atoms with Crippen molar-refractivity contribution in [1.29, 1.82) is 0 Å². The minimum absolute atomic E-state index is 0.160. The molecule has 0 amide bonds. The smallest absolute Gasteiger partial charge is 0.231 e. The molecule has 20 heavy (non-hydrogen) atoms. The molecule has 0 fully saturated rings. The maximum Gasteiger partial charge on any atom is 0.231 e. The summed E-state index contributed by atoms with van der Waals surface area (Å²) in [5.74, 6) is 1.20. The van der Waals surface area contributed by atoms with Gasteiger partial charge in [0.05, 0.1) is 24.1 Å². The third kappa shape index (κ3) is 2.36. The van der Waals surface area contributed by atoms with Crippen LogP contribution in [0.1, 0.15) is 0 Å². The predicted molar refractivity (Wildman–Crippen MR) is 66.9 cm³/mol. The van der Waals surface area contributed by atoms with Crippen molar-refractivity contribution < 1.29 is 19.7 Å². The number of fused-ring (bicyclic) bond motifs is 1. The Bertz CT molecular complexity index is 589. The molecule has 106 valence electrons. The van der Waals surface area contributed by atoms with Crippen molar-refractivity contribution in [2.24, 2.45) is 0 Å². The number of nitrogens with zero attached hydrogens (tertiary/aromatic N) is 4. The Morgan fingerprint density at radius 2 is 2.15 bits per heavy atom. The van der Waals surface area contributed by atoms with Crippen molar-refractivity contribution in [1.82, 2.24) is 20.2 Å². The largest absolute Gasteiger partial charge is 0.454 e. The van der Waals surface area contributed by atoms with E-state index < -0.39 is 6.10 Å². The van der Waals surface area contributed by atoms with Gasteiger partial charge < -0.3 is 25.0 Å². The number of aliphatic hydroxyl groups is 2. The molecule has 1 aliphatic rings. The normalized spacial score (nSPS) is 14.3. The molecule has 1 atom stereocenters. The van der Waals surface area contributed by atoms with Crippen LogP contribution in [0.25, 0.3) is 5.69 Å². The summed E-state index contributed by atoms with van der Waals surface area (Å²) in [6.45, 7) is 0.0239. The first-order chi connectivity index (χ1) is 9.78. The molecule has 2 aromatic rings. The number of hydrogen-bond donors (Lipinski definition) is 3. The van der Waals surface area contributed by atoms with Gasteiger partial charge in [-0.3, -0.25) is 0 Å². The molecule has 9 heteroatoms. The standard InChI is InChI=1S/C11H13N5O4/c17-4-7(18)3-12-8-1-10-11(20-6-19-10)2-9(8)16-5-13-14-15-16/h1-2,5,7,12,17-18H,3-4,6H2. The molecule has 0 saturated heterocycles. The van der Waals surface area contributed by atoms with Gasteiger partial charge in [0.15, 0.2) is 11.5 Å². The first-order valence-electron chi connectivity index (χ1n) is 5.97. The SMILES string of the molecule is OCC(O)CNc1cc2c(cc1-n1cnnn1)OCO2. The Hall–Kier alpha value is -2.39. The number of ether oxygens (including phenoxy) is 2. The molecule has 0 spiro atoms. The Morgan fingerprint density at radius 3 is 2.85 bits per heavy atom. The van der Waals surface area contributed by atoms with E-state index in [-0.39, 0.29) is 19.9 Å². The van der Waals surface area contributed by atoms with Crippen LogP contribution in [-0.2, 0) is 0 Å². The van der Waals surface area contributed by atoms with Crippen LogP contribution in [-0.4, -0.2) is 56.5 Å². The molecule has 9 nitrogen and oxygen atoms in total. The van der Waals surface area contributed by atoms with Gasteiger partial charge in [-0.2, -0.15) is 4.68 Å². The summed E-state index contributed by atoms with van der Waals surface area (Å²) >= 11 is 0. The summed E-state index contributed by atoms with van der Waals surface area (Å²) in [5, 5.41) is 32.3. The first kappa shape index (κ1) is 12.6. The minimum Gasteiger partial charge on any atom is -0.454 e. The Morgan fingerprint density at radius 1 is 1.35 bits per heavy atom. The van der Waals surface area contributed by atoms with Crippen molar-refractivity contribution in [3.63, 3.8) is 0 Å². The highest BCUT2D eigenvalue weighted by atomic mass is 16.7. The molecule has 1 aromatic carbocycles. The van der Waals surface area contributed by atoms with Crippen LogP contribution in [0.15, 0.2) is 18.5 Å². The molecule has 0 aliphatic carbocycles. The predicted octanol–water partition coefficient (Wildman–Crippen LogP) is -0.844. The second-order valence-corrected chi connectivity index (χ2v) is 4.19. The number of hydrogen-bond acceptors (Lipinski definition) is 8. The summed E-state index contributed by atoms with van der Waals surface area (Å²) in [4.78, 5) is 0. The van der Waals surface area contributed by atoms with Gasteiger partial charge in [0.1, 0.15) is 6.33 Å². The Labute approximate surface area is 113 Å². The van der Waals surface area contributed by atoms with Crippen LogP contribution in [0.4, 0.5) is 5.69 Å². The molecular formula is C11H13N5O4. The lowest BCUT2D eigenvalue weighted by molar-refractivity contribution is 0.105. The molecule has 1 aromatic heterocycles. The van der Waals surface area contributed by atoms with Crippen LogP contribution in [0.2, 0.25) is 0 Å². The molecule has 2 heterocycles. The molecule has 3 rings (SSSR count). The lowest BCUT2D eigenvalue weighted by atomic mass is 10.2. The molecular weight excluding hydrogens is 266 g/mol. The number of nitrogens with one attached hydrogen (secondary N) is 1. The molecule has 0 radical (unpaired) electrons. The first-order valence-corrected chi connectivity index (χ1v) is 5.97. The third-order valence-corrected chi connectivity index (χ3v) is 2.83. The van der Waals surface area contributed by atoms with Crippen molar-refractivity contribution in [2.45, 2.75) is 6.10 Å². The molecule has 0 bridgehead atoms. The summed E-state index contributed by atoms with van der Waals surface area (Å²) in [7, 11) is 0. The summed E-state index contributed by atoms with van der Waals surface area (Å²) in [5.41, 5.74) is 1.32. The highest BCUT2D eigenvalue weighted by molar-refractivity contribution is 5.68. The lowest BCUT2D eigenvalue weighted by Gasteiger charge is -2.14. The van der Waals surface area contributed by atoms with E-state index in [4.69, 9.17) is 14.6 Å². The fraction of sp³-hybridized carbons (Fsp3) is 0.364. The highest BCUT2D eigenvalue weighted by Gasteiger charge is 2.19. The zero-order valence-electron chi connectivity index (χ0n) is 10.4. The van der Waals surface area contributed by atoms with Crippen molar-refractivity contribution in [3.05, 3.63) is 18.5 Å². The van der Waals surface area contributed by atoms with E-state index in [1.165, 1.54) is 11.0 Å². The van der Waals surface area contributed by atoms with E-state index in [0.29, 0.717) is 22.9 Å². The molecule has 3 N–H and O–H groups in total. The van der Waals surface area contributed by atoms with Crippen molar-refractivity contribution >= 4 is 5.69 Å². The summed E-state index contributed by atoms with van der Waals surface area (Å²) < 4.78 is 12.1. The number of anilines is 1. The molecule has 1 aliphatic heterocycles. The van der Waals surface area contributed by atoms with Gasteiger partial charge in [0, 0.05) is 18.7 Å². The topological polar surface area (TPSA) is 115 Å². The van der Waals surface area contributed by atoms with Crippen LogP contribution in [0.5, 0.6) is 11.5 Å². The maximum atomic E-state index is 9.42. The lowest BCUT2D eigenvalue weighted by Crippen LogP contribution is -2.23. The van der Waals surface area contributed by atoms with E-state index in [1.54, 1.807) is 12.1 Å².